The summed E-state index contributed by atoms with van der Waals surface area (Å²) in [5, 5.41) is 2.28. The zero-order valence-corrected chi connectivity index (χ0v) is 17.2. The Balaban J connectivity index is 1.98. The Morgan fingerprint density at radius 3 is 2.66 bits per heavy atom. The van der Waals surface area contributed by atoms with E-state index in [1.165, 1.54) is 6.08 Å². The molecule has 0 fully saturated rings. The molecular formula is C25H23ClO3. The number of halogens is 1. The van der Waals surface area contributed by atoms with E-state index in [4.69, 9.17) is 21.1 Å². The van der Waals surface area contributed by atoms with E-state index in [0.29, 0.717) is 16.7 Å². The Morgan fingerprint density at radius 1 is 1.14 bits per heavy atom. The molecule has 0 spiro atoms. The number of benzene rings is 3. The van der Waals surface area contributed by atoms with Crippen molar-refractivity contribution in [3.63, 3.8) is 0 Å². The second-order valence-corrected chi connectivity index (χ2v) is 7.80. The molecule has 1 unspecified atom stereocenters. The van der Waals surface area contributed by atoms with E-state index in [1.807, 2.05) is 48.5 Å². The van der Waals surface area contributed by atoms with Gasteiger partial charge in [-0.1, -0.05) is 49.7 Å². The Labute approximate surface area is 175 Å². The van der Waals surface area contributed by atoms with Crippen LogP contribution in [0.2, 0.25) is 5.02 Å². The Hall–Kier alpha value is -2.78. The van der Waals surface area contributed by atoms with Crippen LogP contribution < -0.4 is 9.47 Å². The summed E-state index contributed by atoms with van der Waals surface area (Å²) in [7, 11) is 0. The predicted molar refractivity (Wildman–Crippen MR) is 117 cm³/mol. The highest BCUT2D eigenvalue weighted by atomic mass is 35.5. The first kappa shape index (κ1) is 19.5. The zero-order valence-electron chi connectivity index (χ0n) is 16.4. The minimum Gasteiger partial charge on any atom is -0.456 e. The van der Waals surface area contributed by atoms with Gasteiger partial charge in [-0.05, 0) is 55.5 Å². The number of ether oxygens (including phenoxy) is 2. The molecule has 0 heterocycles. The molecule has 1 aliphatic carbocycles. The van der Waals surface area contributed by atoms with Crippen LogP contribution in [0.4, 0.5) is 0 Å². The number of fused-ring (bicyclic) bond motifs is 2. The molecule has 0 saturated heterocycles. The molecule has 29 heavy (non-hydrogen) atoms. The lowest BCUT2D eigenvalue weighted by atomic mass is 9.80. The number of esters is 1. The average molecular weight is 407 g/mol. The molecule has 4 rings (SSSR count). The van der Waals surface area contributed by atoms with E-state index < -0.39 is 5.97 Å². The summed E-state index contributed by atoms with van der Waals surface area (Å²) >= 11 is 6.33. The minimum atomic E-state index is -0.459. The van der Waals surface area contributed by atoms with Crippen molar-refractivity contribution in [1.82, 2.24) is 0 Å². The highest BCUT2D eigenvalue weighted by Gasteiger charge is 2.28. The maximum Gasteiger partial charge on any atom is 0.335 e. The van der Waals surface area contributed by atoms with Gasteiger partial charge in [-0.3, -0.25) is 0 Å². The van der Waals surface area contributed by atoms with Gasteiger partial charge in [0.2, 0.25) is 0 Å². The molecule has 1 aliphatic rings. The van der Waals surface area contributed by atoms with E-state index in [-0.39, 0.29) is 0 Å². The van der Waals surface area contributed by atoms with Crippen LogP contribution in [-0.2, 0) is 17.6 Å². The fraction of sp³-hybridized carbons (Fsp3) is 0.240. The zero-order chi connectivity index (χ0) is 20.4. The number of carbonyl (C=O) groups excluding carboxylic acids is 1. The van der Waals surface area contributed by atoms with Crippen molar-refractivity contribution in [3.05, 3.63) is 77.3 Å². The Bertz CT molecular complexity index is 1070. The quantitative estimate of drug-likeness (QED) is 0.263. The maximum atomic E-state index is 12.1. The van der Waals surface area contributed by atoms with Crippen LogP contribution in [0.3, 0.4) is 0 Å². The molecular weight excluding hydrogens is 384 g/mol. The average Bonchev–Trinajstić information content (AvgIpc) is 2.76. The summed E-state index contributed by atoms with van der Waals surface area (Å²) in [6.45, 7) is 5.75. The van der Waals surface area contributed by atoms with E-state index >= 15 is 0 Å². The van der Waals surface area contributed by atoms with Gasteiger partial charge in [0.15, 0.2) is 0 Å². The van der Waals surface area contributed by atoms with Crippen molar-refractivity contribution in [3.8, 4) is 17.2 Å². The van der Waals surface area contributed by atoms with Gasteiger partial charge in [0, 0.05) is 33.0 Å². The standard InChI is InChI=1S/C25H23ClO3/c1-3-16-10-12-19-21(14-16)25(29-23(27)4-2)20-13-11-17(26)15-22(20)24(19)28-18-8-6-5-7-9-18/h4-9,11,13,15-16H,2-3,10,12,14H2,1H3. The second kappa shape index (κ2) is 8.30. The second-order valence-electron chi connectivity index (χ2n) is 7.36. The number of carbonyl (C=O) groups is 1. The van der Waals surface area contributed by atoms with Crippen molar-refractivity contribution in [2.24, 2.45) is 5.92 Å². The third-order valence-corrected chi connectivity index (χ3v) is 5.82. The van der Waals surface area contributed by atoms with Gasteiger partial charge in [0.1, 0.15) is 17.2 Å². The lowest BCUT2D eigenvalue weighted by Crippen LogP contribution is -2.17. The van der Waals surface area contributed by atoms with E-state index in [9.17, 15) is 4.79 Å². The molecule has 0 N–H and O–H groups in total. The first-order chi connectivity index (χ1) is 14.1. The number of hydrogen-bond acceptors (Lipinski definition) is 3. The lowest BCUT2D eigenvalue weighted by molar-refractivity contribution is -0.128. The SMILES string of the molecule is C=CC(=O)Oc1c2c(c(Oc3ccccc3)c3cc(Cl)ccc13)CCC(CC)C2. The summed E-state index contributed by atoms with van der Waals surface area (Å²) < 4.78 is 12.1. The third-order valence-electron chi connectivity index (χ3n) is 5.59. The largest absolute Gasteiger partial charge is 0.456 e. The van der Waals surface area contributed by atoms with E-state index in [0.717, 1.165) is 59.1 Å². The van der Waals surface area contributed by atoms with Crippen molar-refractivity contribution < 1.29 is 14.3 Å². The minimum absolute atomic E-state index is 0.459. The molecule has 0 amide bonds. The molecule has 0 saturated carbocycles. The van der Waals surface area contributed by atoms with Gasteiger partial charge >= 0.3 is 5.97 Å². The monoisotopic (exact) mass is 406 g/mol. The predicted octanol–water partition coefficient (Wildman–Crippen LogP) is 6.89. The smallest absolute Gasteiger partial charge is 0.335 e. The first-order valence-electron chi connectivity index (χ1n) is 9.94. The van der Waals surface area contributed by atoms with Gasteiger partial charge in [-0.15, -0.1) is 0 Å². The lowest BCUT2D eigenvalue weighted by Gasteiger charge is -2.29. The molecule has 3 aromatic carbocycles. The summed E-state index contributed by atoms with van der Waals surface area (Å²) in [4.78, 5) is 12.1. The maximum absolute atomic E-state index is 12.1. The van der Waals surface area contributed by atoms with Gasteiger partial charge in [0.25, 0.3) is 0 Å². The first-order valence-corrected chi connectivity index (χ1v) is 10.3. The summed E-state index contributed by atoms with van der Waals surface area (Å²) in [5.74, 6) is 2.27. The molecule has 0 aromatic heterocycles. The van der Waals surface area contributed by atoms with Crippen molar-refractivity contribution in [2.75, 3.05) is 0 Å². The number of rotatable bonds is 5. The molecule has 3 nitrogen and oxygen atoms in total. The molecule has 0 bridgehead atoms. The molecule has 0 radical (unpaired) electrons. The topological polar surface area (TPSA) is 35.5 Å². The van der Waals surface area contributed by atoms with Crippen LogP contribution in [0.15, 0.2) is 61.2 Å². The van der Waals surface area contributed by atoms with Crippen LogP contribution in [0, 0.1) is 5.92 Å². The van der Waals surface area contributed by atoms with Crippen LogP contribution in [0.25, 0.3) is 10.8 Å². The summed E-state index contributed by atoms with van der Waals surface area (Å²) in [6, 6.07) is 15.3. The van der Waals surface area contributed by atoms with Crippen LogP contribution in [-0.4, -0.2) is 5.97 Å². The molecule has 3 aromatic rings. The molecule has 148 valence electrons. The van der Waals surface area contributed by atoms with Gasteiger partial charge in [-0.25, -0.2) is 4.79 Å². The molecule has 1 atom stereocenters. The Morgan fingerprint density at radius 2 is 1.93 bits per heavy atom. The summed E-state index contributed by atoms with van der Waals surface area (Å²) in [5.41, 5.74) is 2.15. The fourth-order valence-corrected chi connectivity index (χ4v) is 4.22. The molecule has 0 aliphatic heterocycles. The number of para-hydroxylation sites is 1. The van der Waals surface area contributed by atoms with E-state index in [1.54, 1.807) is 0 Å². The van der Waals surface area contributed by atoms with Gasteiger partial charge in [0.05, 0.1) is 0 Å². The van der Waals surface area contributed by atoms with E-state index in [2.05, 4.69) is 13.5 Å². The van der Waals surface area contributed by atoms with Crippen LogP contribution in [0.1, 0.15) is 30.9 Å². The summed E-state index contributed by atoms with van der Waals surface area (Å²) in [6.07, 6.45) is 5.09. The van der Waals surface area contributed by atoms with Crippen molar-refractivity contribution >= 4 is 28.3 Å². The highest BCUT2D eigenvalue weighted by molar-refractivity contribution is 6.31. The third kappa shape index (κ3) is 3.88. The Kier molecular flexibility index (Phi) is 5.59. The van der Waals surface area contributed by atoms with Crippen LogP contribution in [0.5, 0.6) is 17.2 Å². The van der Waals surface area contributed by atoms with Gasteiger partial charge in [-0.2, -0.15) is 0 Å². The van der Waals surface area contributed by atoms with Crippen LogP contribution >= 0.6 is 11.6 Å². The highest BCUT2D eigenvalue weighted by Crippen LogP contribution is 2.47. The number of hydrogen-bond donors (Lipinski definition) is 0. The van der Waals surface area contributed by atoms with Crippen molar-refractivity contribution in [2.45, 2.75) is 32.6 Å². The van der Waals surface area contributed by atoms with Crippen molar-refractivity contribution in [1.29, 1.82) is 0 Å². The van der Waals surface area contributed by atoms with Gasteiger partial charge < -0.3 is 9.47 Å². The normalized spacial score (nSPS) is 15.6. The molecule has 4 heteroatoms. The fourth-order valence-electron chi connectivity index (χ4n) is 4.05.